The number of aliphatic hydroxyl groups excluding tert-OH is 1. The van der Waals surface area contributed by atoms with Crippen LogP contribution in [0.4, 0.5) is 0 Å². The Morgan fingerprint density at radius 3 is 2.60 bits per heavy atom. The zero-order valence-electron chi connectivity index (χ0n) is 16.2. The van der Waals surface area contributed by atoms with E-state index in [4.69, 9.17) is 0 Å². The highest BCUT2D eigenvalue weighted by molar-refractivity contribution is 5.80. The molecule has 0 bridgehead atoms. The van der Waals surface area contributed by atoms with E-state index in [2.05, 4.69) is 26.8 Å². The molecule has 4 rings (SSSR count). The fraction of sp³-hybridized carbons (Fsp3) is 0.864. The zero-order valence-corrected chi connectivity index (χ0v) is 16.2. The average Bonchev–Trinajstić information content (AvgIpc) is 2.83. The summed E-state index contributed by atoms with van der Waals surface area (Å²) in [5, 5.41) is 22.1. The second-order valence-corrected chi connectivity index (χ2v) is 10.0. The van der Waals surface area contributed by atoms with E-state index < -0.39 is 5.60 Å². The molecule has 0 heterocycles. The number of fused-ring (bicyclic) bond motifs is 5. The van der Waals surface area contributed by atoms with Gasteiger partial charge in [0.1, 0.15) is 5.78 Å². The molecular formula is C22H34O3. The highest BCUT2D eigenvalue weighted by Gasteiger charge is 2.69. The molecular weight excluding hydrogens is 312 g/mol. The maximum Gasteiger partial charge on any atom is 0.133 e. The monoisotopic (exact) mass is 346 g/mol. The van der Waals surface area contributed by atoms with E-state index in [9.17, 15) is 15.0 Å². The number of aliphatic hydroxyl groups is 2. The first-order valence-electron chi connectivity index (χ1n) is 10.2. The second kappa shape index (κ2) is 5.42. The number of rotatable bonds is 1. The second-order valence-electron chi connectivity index (χ2n) is 10.0. The quantitative estimate of drug-likeness (QED) is 0.709. The van der Waals surface area contributed by atoms with Crippen LogP contribution in [0.3, 0.4) is 0 Å². The smallest absolute Gasteiger partial charge is 0.133 e. The van der Waals surface area contributed by atoms with Crippen LogP contribution in [0.5, 0.6) is 0 Å². The summed E-state index contributed by atoms with van der Waals surface area (Å²) in [5.74, 6) is 1.32. The van der Waals surface area contributed by atoms with Gasteiger partial charge >= 0.3 is 0 Å². The van der Waals surface area contributed by atoms with Gasteiger partial charge in [-0.25, -0.2) is 0 Å². The van der Waals surface area contributed by atoms with Crippen LogP contribution >= 0.6 is 0 Å². The van der Waals surface area contributed by atoms with Crippen LogP contribution in [-0.2, 0) is 4.79 Å². The van der Waals surface area contributed by atoms with Crippen molar-refractivity contribution in [2.45, 2.75) is 84.3 Å². The van der Waals surface area contributed by atoms with Gasteiger partial charge in [0.25, 0.3) is 0 Å². The fourth-order valence-electron chi connectivity index (χ4n) is 7.63. The Morgan fingerprint density at radius 1 is 1.20 bits per heavy atom. The molecule has 3 fully saturated rings. The number of carbonyl (C=O) groups is 1. The van der Waals surface area contributed by atoms with E-state index in [1.54, 1.807) is 6.92 Å². The molecule has 3 nitrogen and oxygen atoms in total. The van der Waals surface area contributed by atoms with Gasteiger partial charge in [-0.1, -0.05) is 32.4 Å². The summed E-state index contributed by atoms with van der Waals surface area (Å²) in [5.41, 5.74) is 0.512. The predicted molar refractivity (Wildman–Crippen MR) is 97.9 cm³/mol. The normalized spacial score (nSPS) is 55.0. The Labute approximate surface area is 151 Å². The van der Waals surface area contributed by atoms with E-state index in [-0.39, 0.29) is 34.6 Å². The number of Topliss-reactive ketones (excluding diaryl/α,β-unsaturated/α-hetero) is 1. The molecule has 8 atom stereocenters. The molecule has 0 saturated heterocycles. The summed E-state index contributed by atoms with van der Waals surface area (Å²) >= 11 is 0. The maximum atomic E-state index is 12.3. The summed E-state index contributed by atoms with van der Waals surface area (Å²) in [6.07, 6.45) is 8.44. The number of allylic oxidation sites excluding steroid dienone is 1. The first-order valence-corrected chi connectivity index (χ1v) is 10.2. The maximum absolute atomic E-state index is 12.3. The molecule has 4 aliphatic rings. The summed E-state index contributed by atoms with van der Waals surface area (Å²) < 4.78 is 0. The lowest BCUT2D eigenvalue weighted by atomic mass is 9.43. The molecule has 0 aromatic carbocycles. The summed E-state index contributed by atoms with van der Waals surface area (Å²) in [7, 11) is 0. The molecule has 140 valence electrons. The molecule has 3 unspecified atom stereocenters. The Bertz CT molecular complexity index is 625. The topological polar surface area (TPSA) is 57.5 Å². The van der Waals surface area contributed by atoms with Gasteiger partial charge in [-0.15, -0.1) is 0 Å². The predicted octanol–water partition coefficient (Wildman–Crippen LogP) is 3.88. The van der Waals surface area contributed by atoms with Gasteiger partial charge in [0.15, 0.2) is 0 Å². The van der Waals surface area contributed by atoms with Crippen LogP contribution in [-0.4, -0.2) is 27.7 Å². The number of carbonyl (C=O) groups excluding carboxylic acids is 1. The van der Waals surface area contributed by atoms with Crippen LogP contribution in [0, 0.1) is 34.5 Å². The molecule has 0 radical (unpaired) electrons. The Hall–Kier alpha value is -0.670. The van der Waals surface area contributed by atoms with Crippen molar-refractivity contribution < 1.29 is 15.0 Å². The van der Waals surface area contributed by atoms with Crippen molar-refractivity contribution in [2.24, 2.45) is 34.5 Å². The minimum absolute atomic E-state index is 0.000175. The Balaban J connectivity index is 1.77. The molecule has 25 heavy (non-hydrogen) atoms. The van der Waals surface area contributed by atoms with E-state index in [1.165, 1.54) is 5.57 Å². The molecule has 3 saturated carbocycles. The van der Waals surface area contributed by atoms with E-state index in [0.29, 0.717) is 11.8 Å². The molecule has 3 heteroatoms. The van der Waals surface area contributed by atoms with Crippen LogP contribution in [0.15, 0.2) is 11.6 Å². The summed E-state index contributed by atoms with van der Waals surface area (Å²) in [4.78, 5) is 12.3. The molecule has 0 aliphatic heterocycles. The lowest BCUT2D eigenvalue weighted by Gasteiger charge is -2.63. The third-order valence-electron chi connectivity index (χ3n) is 9.31. The summed E-state index contributed by atoms with van der Waals surface area (Å²) in [6.45, 7) is 8.54. The van der Waals surface area contributed by atoms with Gasteiger partial charge in [0.05, 0.1) is 11.7 Å². The Morgan fingerprint density at radius 2 is 1.92 bits per heavy atom. The van der Waals surface area contributed by atoms with Crippen molar-refractivity contribution in [3.8, 4) is 0 Å². The van der Waals surface area contributed by atoms with Crippen molar-refractivity contribution in [2.75, 3.05) is 0 Å². The minimum Gasteiger partial charge on any atom is -0.393 e. The molecule has 2 N–H and O–H groups in total. The van der Waals surface area contributed by atoms with Crippen LogP contribution < -0.4 is 0 Å². The van der Waals surface area contributed by atoms with Crippen molar-refractivity contribution in [3.63, 3.8) is 0 Å². The van der Waals surface area contributed by atoms with Gasteiger partial charge in [-0.2, -0.15) is 0 Å². The van der Waals surface area contributed by atoms with Crippen molar-refractivity contribution in [1.29, 1.82) is 0 Å². The minimum atomic E-state index is -0.729. The number of ketones is 1. The van der Waals surface area contributed by atoms with Crippen LogP contribution in [0.2, 0.25) is 0 Å². The van der Waals surface area contributed by atoms with Crippen molar-refractivity contribution >= 4 is 5.78 Å². The van der Waals surface area contributed by atoms with Gasteiger partial charge in [0.2, 0.25) is 0 Å². The molecule has 0 amide bonds. The third kappa shape index (κ3) is 2.09. The largest absolute Gasteiger partial charge is 0.393 e. The first-order chi connectivity index (χ1) is 11.6. The average molecular weight is 347 g/mol. The standard InChI is InChI=1S/C22H34O3/c1-13-11-19-18(6-5-15-12-16(24)7-9-20(15,19)3)22(25)10-8-17(14(2)23)21(13,22)4/h5,13,16-19,24-25H,6-12H2,1-4H3/t13-,16+,17?,18?,19?,20+,21-,22+/m1/s1. The van der Waals surface area contributed by atoms with Crippen LogP contribution in [0.25, 0.3) is 0 Å². The molecule has 0 aromatic rings. The molecule has 0 spiro atoms. The van der Waals surface area contributed by atoms with Crippen molar-refractivity contribution in [1.82, 2.24) is 0 Å². The lowest BCUT2D eigenvalue weighted by molar-refractivity contribution is -0.202. The number of hydrogen-bond donors (Lipinski definition) is 2. The van der Waals surface area contributed by atoms with E-state index in [1.807, 2.05) is 0 Å². The zero-order chi connectivity index (χ0) is 18.2. The highest BCUT2D eigenvalue weighted by atomic mass is 16.3. The van der Waals surface area contributed by atoms with E-state index in [0.717, 1.165) is 44.9 Å². The fourth-order valence-corrected chi connectivity index (χ4v) is 7.63. The van der Waals surface area contributed by atoms with Gasteiger partial charge < -0.3 is 10.2 Å². The Kier molecular flexibility index (Phi) is 3.84. The SMILES string of the molecule is CC(=O)C1CC[C@]2(O)C3CC=C4C[C@@H](O)CC[C@]4(C)C3C[C@@H](C)[C@]12C. The van der Waals surface area contributed by atoms with Gasteiger partial charge in [0, 0.05) is 11.3 Å². The first kappa shape index (κ1) is 17.7. The van der Waals surface area contributed by atoms with Gasteiger partial charge in [-0.05, 0) is 75.0 Å². The summed E-state index contributed by atoms with van der Waals surface area (Å²) in [6, 6.07) is 0. The highest BCUT2D eigenvalue weighted by Crippen LogP contribution is 2.69. The molecule has 0 aromatic heterocycles. The number of hydrogen-bond acceptors (Lipinski definition) is 3. The molecule has 4 aliphatic carbocycles. The third-order valence-corrected chi connectivity index (χ3v) is 9.31. The van der Waals surface area contributed by atoms with Crippen LogP contribution in [0.1, 0.15) is 72.6 Å². The van der Waals surface area contributed by atoms with E-state index >= 15 is 0 Å². The van der Waals surface area contributed by atoms with Crippen molar-refractivity contribution in [3.05, 3.63) is 11.6 Å². The van der Waals surface area contributed by atoms with Gasteiger partial charge in [-0.3, -0.25) is 4.79 Å². The lowest BCUT2D eigenvalue weighted by Crippen LogP contribution is -2.63.